The minimum atomic E-state index is 0.0341. The summed E-state index contributed by atoms with van der Waals surface area (Å²) in [6.45, 7) is 0.443. The lowest BCUT2D eigenvalue weighted by atomic mass is 10.2. The molecular formula is C15H16N2O2. The largest absolute Gasteiger partial charge is 0.497 e. The molecule has 2 rings (SSSR count). The molecule has 0 heterocycles. The normalized spacial score (nSPS) is 9.95. The molecule has 0 bridgehead atoms. The van der Waals surface area contributed by atoms with Gasteiger partial charge in [0.05, 0.1) is 7.11 Å². The minimum absolute atomic E-state index is 0.0341. The molecule has 0 fully saturated rings. The summed E-state index contributed by atoms with van der Waals surface area (Å²) in [5, 5.41) is 7.39. The van der Waals surface area contributed by atoms with Crippen molar-refractivity contribution < 1.29 is 9.47 Å². The molecule has 4 heteroatoms. The maximum Gasteiger partial charge on any atom is 0.122 e. The summed E-state index contributed by atoms with van der Waals surface area (Å²) in [4.78, 5) is 0. The Morgan fingerprint density at radius 2 is 1.84 bits per heavy atom. The Bertz CT molecular complexity index is 582. The second-order valence-electron chi connectivity index (χ2n) is 4.08. The van der Waals surface area contributed by atoms with E-state index in [0.29, 0.717) is 17.9 Å². The molecule has 0 saturated carbocycles. The van der Waals surface area contributed by atoms with Crippen LogP contribution in [-0.2, 0) is 6.61 Å². The maximum absolute atomic E-state index is 7.39. The van der Waals surface area contributed by atoms with Gasteiger partial charge in [-0.25, -0.2) is 0 Å². The number of hydrogen-bond donors (Lipinski definition) is 2. The number of methoxy groups -OCH3 is 1. The molecule has 0 spiro atoms. The third-order valence-corrected chi connectivity index (χ3v) is 2.68. The van der Waals surface area contributed by atoms with Gasteiger partial charge in [0.1, 0.15) is 23.9 Å². The van der Waals surface area contributed by atoms with E-state index in [4.69, 9.17) is 20.6 Å². The third kappa shape index (κ3) is 3.48. The zero-order chi connectivity index (χ0) is 13.7. The SMILES string of the molecule is COc1cccc(COc2cccc(C(=N)N)c2)c1. The Kier molecular flexibility index (Phi) is 4.03. The smallest absolute Gasteiger partial charge is 0.122 e. The van der Waals surface area contributed by atoms with Crippen LogP contribution in [-0.4, -0.2) is 12.9 Å². The Balaban J connectivity index is 2.05. The minimum Gasteiger partial charge on any atom is -0.497 e. The predicted octanol–water partition coefficient (Wildman–Crippen LogP) is 2.56. The number of benzene rings is 2. The fourth-order valence-electron chi connectivity index (χ4n) is 1.68. The molecule has 0 aliphatic carbocycles. The van der Waals surface area contributed by atoms with E-state index in [-0.39, 0.29) is 5.84 Å². The maximum atomic E-state index is 7.39. The number of nitrogens with two attached hydrogens (primary N) is 1. The molecule has 0 saturated heterocycles. The summed E-state index contributed by atoms with van der Waals surface area (Å²) in [5.74, 6) is 1.53. The van der Waals surface area contributed by atoms with Gasteiger partial charge < -0.3 is 15.2 Å². The molecule has 0 aliphatic rings. The average molecular weight is 256 g/mol. The molecule has 0 aliphatic heterocycles. The van der Waals surface area contributed by atoms with Gasteiger partial charge in [-0.1, -0.05) is 24.3 Å². The molecule has 2 aromatic carbocycles. The van der Waals surface area contributed by atoms with Crippen molar-refractivity contribution in [3.8, 4) is 11.5 Å². The van der Waals surface area contributed by atoms with E-state index in [1.54, 1.807) is 19.2 Å². The van der Waals surface area contributed by atoms with Crippen molar-refractivity contribution in [3.63, 3.8) is 0 Å². The first-order valence-corrected chi connectivity index (χ1v) is 5.89. The monoisotopic (exact) mass is 256 g/mol. The highest BCUT2D eigenvalue weighted by Crippen LogP contribution is 2.17. The van der Waals surface area contributed by atoms with E-state index in [1.807, 2.05) is 36.4 Å². The Morgan fingerprint density at radius 3 is 2.58 bits per heavy atom. The topological polar surface area (TPSA) is 68.3 Å². The van der Waals surface area contributed by atoms with Gasteiger partial charge in [-0.15, -0.1) is 0 Å². The number of ether oxygens (including phenoxy) is 2. The molecule has 0 atom stereocenters. The van der Waals surface area contributed by atoms with Crippen LogP contribution < -0.4 is 15.2 Å². The summed E-state index contributed by atoms with van der Waals surface area (Å²) >= 11 is 0. The number of nitrogen functional groups attached to an aromatic ring is 1. The van der Waals surface area contributed by atoms with Crippen molar-refractivity contribution in [1.82, 2.24) is 0 Å². The van der Waals surface area contributed by atoms with E-state index >= 15 is 0 Å². The second kappa shape index (κ2) is 5.91. The summed E-state index contributed by atoms with van der Waals surface area (Å²) < 4.78 is 10.8. The fraction of sp³-hybridized carbons (Fsp3) is 0.133. The van der Waals surface area contributed by atoms with Gasteiger partial charge in [0, 0.05) is 5.56 Å². The van der Waals surface area contributed by atoms with E-state index < -0.39 is 0 Å². The molecule has 2 aromatic rings. The standard InChI is InChI=1S/C15H16N2O2/c1-18-13-6-2-4-11(8-13)10-19-14-7-3-5-12(9-14)15(16)17/h2-9H,10H2,1H3,(H3,16,17). The molecule has 4 nitrogen and oxygen atoms in total. The molecule has 0 aromatic heterocycles. The second-order valence-corrected chi connectivity index (χ2v) is 4.08. The van der Waals surface area contributed by atoms with Gasteiger partial charge in [-0.05, 0) is 29.8 Å². The van der Waals surface area contributed by atoms with Gasteiger partial charge in [0.2, 0.25) is 0 Å². The number of hydrogen-bond acceptors (Lipinski definition) is 3. The van der Waals surface area contributed by atoms with E-state index in [0.717, 1.165) is 11.3 Å². The molecule has 19 heavy (non-hydrogen) atoms. The third-order valence-electron chi connectivity index (χ3n) is 2.68. The van der Waals surface area contributed by atoms with Gasteiger partial charge in [-0.2, -0.15) is 0 Å². The van der Waals surface area contributed by atoms with E-state index in [9.17, 15) is 0 Å². The number of amidine groups is 1. The lowest BCUT2D eigenvalue weighted by Crippen LogP contribution is -2.10. The van der Waals surface area contributed by atoms with Gasteiger partial charge >= 0.3 is 0 Å². The van der Waals surface area contributed by atoms with E-state index in [1.165, 1.54) is 0 Å². The lowest BCUT2D eigenvalue weighted by molar-refractivity contribution is 0.305. The van der Waals surface area contributed by atoms with Gasteiger partial charge in [-0.3, -0.25) is 5.41 Å². The van der Waals surface area contributed by atoms with Crippen LogP contribution in [0.3, 0.4) is 0 Å². The first kappa shape index (κ1) is 13.0. The van der Waals surface area contributed by atoms with Crippen molar-refractivity contribution >= 4 is 5.84 Å². The first-order chi connectivity index (χ1) is 9.19. The van der Waals surface area contributed by atoms with Crippen molar-refractivity contribution in [2.24, 2.45) is 5.73 Å². The van der Waals surface area contributed by atoms with Gasteiger partial charge in [0.15, 0.2) is 0 Å². The Morgan fingerprint density at radius 1 is 1.11 bits per heavy atom. The first-order valence-electron chi connectivity index (χ1n) is 5.89. The van der Waals surface area contributed by atoms with Crippen molar-refractivity contribution in [1.29, 1.82) is 5.41 Å². The van der Waals surface area contributed by atoms with Crippen molar-refractivity contribution in [2.45, 2.75) is 6.61 Å². The zero-order valence-electron chi connectivity index (χ0n) is 10.7. The molecular weight excluding hydrogens is 240 g/mol. The average Bonchev–Trinajstić information content (AvgIpc) is 2.45. The van der Waals surface area contributed by atoms with Crippen LogP contribution in [0.15, 0.2) is 48.5 Å². The molecule has 0 amide bonds. The molecule has 98 valence electrons. The van der Waals surface area contributed by atoms with Gasteiger partial charge in [0.25, 0.3) is 0 Å². The quantitative estimate of drug-likeness (QED) is 0.638. The Hall–Kier alpha value is -2.49. The highest BCUT2D eigenvalue weighted by atomic mass is 16.5. The summed E-state index contributed by atoms with van der Waals surface area (Å²) in [7, 11) is 1.64. The van der Waals surface area contributed by atoms with Crippen LogP contribution in [0.25, 0.3) is 0 Å². The van der Waals surface area contributed by atoms with Crippen LogP contribution in [0.4, 0.5) is 0 Å². The predicted molar refractivity (Wildman–Crippen MR) is 74.8 cm³/mol. The van der Waals surface area contributed by atoms with Crippen molar-refractivity contribution in [2.75, 3.05) is 7.11 Å². The van der Waals surface area contributed by atoms with Crippen LogP contribution in [0.2, 0.25) is 0 Å². The highest BCUT2D eigenvalue weighted by molar-refractivity contribution is 5.95. The van der Waals surface area contributed by atoms with Crippen LogP contribution in [0.5, 0.6) is 11.5 Å². The molecule has 3 N–H and O–H groups in total. The summed E-state index contributed by atoms with van der Waals surface area (Å²) in [6, 6.07) is 14.9. The van der Waals surface area contributed by atoms with E-state index in [2.05, 4.69) is 0 Å². The molecule has 0 radical (unpaired) electrons. The summed E-state index contributed by atoms with van der Waals surface area (Å²) in [6.07, 6.45) is 0. The van der Waals surface area contributed by atoms with Crippen molar-refractivity contribution in [3.05, 3.63) is 59.7 Å². The Labute approximate surface area is 112 Å². The van der Waals surface area contributed by atoms with Crippen LogP contribution in [0, 0.1) is 5.41 Å². The number of nitrogens with one attached hydrogen (secondary N) is 1. The highest BCUT2D eigenvalue weighted by Gasteiger charge is 2.01. The molecule has 0 unspecified atom stereocenters. The number of rotatable bonds is 5. The lowest BCUT2D eigenvalue weighted by Gasteiger charge is -2.08. The van der Waals surface area contributed by atoms with Crippen LogP contribution >= 0.6 is 0 Å². The fourth-order valence-corrected chi connectivity index (χ4v) is 1.68. The van der Waals surface area contributed by atoms with Crippen LogP contribution in [0.1, 0.15) is 11.1 Å². The zero-order valence-corrected chi connectivity index (χ0v) is 10.7. The summed E-state index contributed by atoms with van der Waals surface area (Å²) in [5.41, 5.74) is 7.12.